The maximum Gasteiger partial charge on any atom is 0.211 e. The van der Waals surface area contributed by atoms with Gasteiger partial charge in [0.15, 0.2) is 0 Å². The first kappa shape index (κ1) is 17.7. The van der Waals surface area contributed by atoms with Crippen LogP contribution in [0.25, 0.3) is 0 Å². The standard InChI is InChI=1S/C15H23ClN2O3S/c1-2-10-22(19,20)17-12-15(18-6-8-21-9-7-18)13-4-3-5-14(16)11-13/h3-5,11,15,17H,2,6-10,12H2,1H3/t15-/m1/s1. The predicted molar refractivity (Wildman–Crippen MR) is 88.7 cm³/mol. The number of hydrogen-bond donors (Lipinski definition) is 1. The van der Waals surface area contributed by atoms with Crippen LogP contribution in [0.2, 0.25) is 5.02 Å². The Labute approximate surface area is 137 Å². The molecule has 1 aromatic rings. The summed E-state index contributed by atoms with van der Waals surface area (Å²) in [5.41, 5.74) is 1.02. The summed E-state index contributed by atoms with van der Waals surface area (Å²) in [6.07, 6.45) is 0.606. The first-order chi connectivity index (χ1) is 10.5. The van der Waals surface area contributed by atoms with Gasteiger partial charge in [0, 0.05) is 30.7 Å². The van der Waals surface area contributed by atoms with Crippen molar-refractivity contribution in [3.8, 4) is 0 Å². The van der Waals surface area contributed by atoms with Crippen LogP contribution < -0.4 is 4.72 Å². The summed E-state index contributed by atoms with van der Waals surface area (Å²) in [6, 6.07) is 7.57. The number of ether oxygens (including phenoxy) is 1. The van der Waals surface area contributed by atoms with Crippen LogP contribution >= 0.6 is 11.6 Å². The van der Waals surface area contributed by atoms with Gasteiger partial charge in [0.2, 0.25) is 10.0 Å². The van der Waals surface area contributed by atoms with Crippen LogP contribution in [0, 0.1) is 0 Å². The van der Waals surface area contributed by atoms with Crippen molar-refractivity contribution in [1.29, 1.82) is 0 Å². The van der Waals surface area contributed by atoms with Gasteiger partial charge in [-0.05, 0) is 24.1 Å². The second kappa shape index (κ2) is 8.26. The number of morpholine rings is 1. The van der Waals surface area contributed by atoms with E-state index < -0.39 is 10.0 Å². The van der Waals surface area contributed by atoms with Crippen molar-refractivity contribution < 1.29 is 13.2 Å². The summed E-state index contributed by atoms with van der Waals surface area (Å²) in [5.74, 6) is 0.151. The lowest BCUT2D eigenvalue weighted by atomic mass is 10.1. The zero-order chi connectivity index (χ0) is 16.0. The van der Waals surface area contributed by atoms with Gasteiger partial charge in [-0.15, -0.1) is 0 Å². The van der Waals surface area contributed by atoms with Gasteiger partial charge in [0.1, 0.15) is 0 Å². The molecule has 22 heavy (non-hydrogen) atoms. The molecule has 124 valence electrons. The van der Waals surface area contributed by atoms with Crippen LogP contribution in [0.4, 0.5) is 0 Å². The highest BCUT2D eigenvalue weighted by Crippen LogP contribution is 2.24. The van der Waals surface area contributed by atoms with Crippen molar-refractivity contribution in [1.82, 2.24) is 9.62 Å². The van der Waals surface area contributed by atoms with E-state index in [0.29, 0.717) is 31.2 Å². The molecular weight excluding hydrogens is 324 g/mol. The first-order valence-electron chi connectivity index (χ1n) is 7.56. The second-order valence-corrected chi connectivity index (χ2v) is 7.75. The summed E-state index contributed by atoms with van der Waals surface area (Å²) in [5, 5.41) is 0.659. The Morgan fingerprint density at radius 2 is 2.09 bits per heavy atom. The molecule has 2 rings (SSSR count). The van der Waals surface area contributed by atoms with Crippen molar-refractivity contribution >= 4 is 21.6 Å². The molecule has 1 aromatic carbocycles. The quantitative estimate of drug-likeness (QED) is 0.820. The molecule has 1 atom stereocenters. The molecule has 0 unspecified atom stereocenters. The Hall–Kier alpha value is -0.660. The largest absolute Gasteiger partial charge is 0.379 e. The zero-order valence-electron chi connectivity index (χ0n) is 12.8. The van der Waals surface area contributed by atoms with E-state index in [1.807, 2.05) is 31.2 Å². The SMILES string of the molecule is CCCS(=O)(=O)NC[C@H](c1cccc(Cl)c1)N1CCOCC1. The first-order valence-corrected chi connectivity index (χ1v) is 9.59. The number of nitrogens with one attached hydrogen (secondary N) is 1. The Kier molecular flexibility index (Phi) is 6.65. The second-order valence-electron chi connectivity index (χ2n) is 5.39. The van der Waals surface area contributed by atoms with Gasteiger partial charge in [-0.3, -0.25) is 4.90 Å². The van der Waals surface area contributed by atoms with E-state index in [4.69, 9.17) is 16.3 Å². The molecule has 1 aliphatic rings. The van der Waals surface area contributed by atoms with Crippen molar-refractivity contribution in [3.63, 3.8) is 0 Å². The van der Waals surface area contributed by atoms with E-state index in [1.165, 1.54) is 0 Å². The molecule has 7 heteroatoms. The number of sulfonamides is 1. The maximum absolute atomic E-state index is 11.9. The smallest absolute Gasteiger partial charge is 0.211 e. The molecule has 5 nitrogen and oxygen atoms in total. The predicted octanol–water partition coefficient (Wildman–Crippen LogP) is 2.04. The van der Waals surface area contributed by atoms with E-state index >= 15 is 0 Å². The van der Waals surface area contributed by atoms with Crippen molar-refractivity contribution in [3.05, 3.63) is 34.9 Å². The van der Waals surface area contributed by atoms with Crippen LogP contribution in [-0.4, -0.2) is 51.9 Å². The van der Waals surface area contributed by atoms with Gasteiger partial charge >= 0.3 is 0 Å². The Morgan fingerprint density at radius 3 is 2.73 bits per heavy atom. The molecule has 0 amide bonds. The summed E-state index contributed by atoms with van der Waals surface area (Å²) in [6.45, 7) is 5.11. The van der Waals surface area contributed by atoms with Gasteiger partial charge < -0.3 is 4.74 Å². The van der Waals surface area contributed by atoms with Crippen LogP contribution in [-0.2, 0) is 14.8 Å². The molecule has 1 N–H and O–H groups in total. The van der Waals surface area contributed by atoms with Crippen LogP contribution in [0.1, 0.15) is 24.9 Å². The van der Waals surface area contributed by atoms with E-state index in [1.54, 1.807) is 0 Å². The topological polar surface area (TPSA) is 58.6 Å². The van der Waals surface area contributed by atoms with Crippen LogP contribution in [0.3, 0.4) is 0 Å². The van der Waals surface area contributed by atoms with Crippen LogP contribution in [0.5, 0.6) is 0 Å². The summed E-state index contributed by atoms with van der Waals surface area (Å²) < 4.78 is 32.0. The van der Waals surface area contributed by atoms with Crippen LogP contribution in [0.15, 0.2) is 24.3 Å². The van der Waals surface area contributed by atoms with Crippen molar-refractivity contribution in [2.24, 2.45) is 0 Å². The van der Waals surface area contributed by atoms with Gasteiger partial charge in [0.25, 0.3) is 0 Å². The number of benzene rings is 1. The van der Waals surface area contributed by atoms with E-state index in [0.717, 1.165) is 18.7 Å². The van der Waals surface area contributed by atoms with E-state index in [-0.39, 0.29) is 11.8 Å². The molecule has 1 aliphatic heterocycles. The Balaban J connectivity index is 2.14. The summed E-state index contributed by atoms with van der Waals surface area (Å²) in [4.78, 5) is 2.24. The maximum atomic E-state index is 11.9. The van der Waals surface area contributed by atoms with Crippen molar-refractivity contribution in [2.45, 2.75) is 19.4 Å². The minimum absolute atomic E-state index is 0.0331. The molecule has 0 aromatic heterocycles. The normalized spacial score (nSPS) is 18.3. The summed E-state index contributed by atoms with van der Waals surface area (Å²) in [7, 11) is -3.22. The zero-order valence-corrected chi connectivity index (χ0v) is 14.4. The Bertz CT molecular complexity index is 574. The fourth-order valence-electron chi connectivity index (χ4n) is 2.61. The molecule has 0 spiro atoms. The number of rotatable bonds is 7. The molecular formula is C15H23ClN2O3S. The fraction of sp³-hybridized carbons (Fsp3) is 0.600. The highest BCUT2D eigenvalue weighted by atomic mass is 35.5. The van der Waals surface area contributed by atoms with E-state index in [9.17, 15) is 8.42 Å². The monoisotopic (exact) mass is 346 g/mol. The van der Waals surface area contributed by atoms with Gasteiger partial charge in [-0.2, -0.15) is 0 Å². The lowest BCUT2D eigenvalue weighted by Crippen LogP contribution is -2.44. The summed E-state index contributed by atoms with van der Waals surface area (Å²) >= 11 is 6.09. The Morgan fingerprint density at radius 1 is 1.36 bits per heavy atom. The average molecular weight is 347 g/mol. The molecule has 1 saturated heterocycles. The third-order valence-corrected chi connectivity index (χ3v) is 5.48. The third-order valence-electron chi connectivity index (χ3n) is 3.69. The molecule has 1 heterocycles. The minimum Gasteiger partial charge on any atom is -0.379 e. The third kappa shape index (κ3) is 5.21. The molecule has 0 saturated carbocycles. The molecule has 0 aliphatic carbocycles. The van der Waals surface area contributed by atoms with Gasteiger partial charge in [0.05, 0.1) is 19.0 Å². The van der Waals surface area contributed by atoms with E-state index in [2.05, 4.69) is 9.62 Å². The fourth-order valence-corrected chi connectivity index (χ4v) is 3.90. The lowest BCUT2D eigenvalue weighted by Gasteiger charge is -2.35. The molecule has 0 bridgehead atoms. The molecule has 1 fully saturated rings. The van der Waals surface area contributed by atoms with Gasteiger partial charge in [-0.25, -0.2) is 13.1 Å². The van der Waals surface area contributed by atoms with Crippen molar-refractivity contribution in [2.75, 3.05) is 38.6 Å². The average Bonchev–Trinajstić information content (AvgIpc) is 2.48. The van der Waals surface area contributed by atoms with Gasteiger partial charge in [-0.1, -0.05) is 30.7 Å². The highest BCUT2D eigenvalue weighted by molar-refractivity contribution is 7.89. The minimum atomic E-state index is -3.22. The lowest BCUT2D eigenvalue weighted by molar-refractivity contribution is 0.0172. The molecule has 0 radical (unpaired) electrons. The number of hydrogen-bond acceptors (Lipinski definition) is 4. The highest BCUT2D eigenvalue weighted by Gasteiger charge is 2.24. The number of halogens is 1. The number of nitrogens with zero attached hydrogens (tertiary/aromatic N) is 1.